The summed E-state index contributed by atoms with van der Waals surface area (Å²) in [6.45, 7) is 0. The van der Waals surface area contributed by atoms with Crippen LogP contribution in [0.2, 0.25) is 0 Å². The van der Waals surface area contributed by atoms with Crippen LogP contribution in [0.3, 0.4) is 0 Å². The molecule has 12 rings (SSSR count). The van der Waals surface area contributed by atoms with Crippen LogP contribution in [0.5, 0.6) is 0 Å². The molecule has 4 saturated carbocycles. The van der Waals surface area contributed by atoms with E-state index in [1.807, 2.05) is 36.4 Å². The highest BCUT2D eigenvalue weighted by molar-refractivity contribution is 6.11. The number of nitrogens with zero attached hydrogens (tertiary/aromatic N) is 3. The second-order valence-corrected chi connectivity index (χ2v) is 15.9. The van der Waals surface area contributed by atoms with E-state index in [1.54, 1.807) is 5.56 Å². The van der Waals surface area contributed by atoms with Gasteiger partial charge in [-0.05, 0) is 108 Å². The Labute approximate surface area is 309 Å². The molecule has 4 bridgehead atoms. The zero-order valence-corrected chi connectivity index (χ0v) is 29.6. The highest BCUT2D eigenvalue weighted by Gasteiger charge is 2.51. The van der Waals surface area contributed by atoms with Crippen molar-refractivity contribution in [1.82, 2.24) is 15.0 Å². The molecule has 4 aliphatic rings. The van der Waals surface area contributed by atoms with Gasteiger partial charge >= 0.3 is 0 Å². The number of para-hydroxylation sites is 1. The lowest BCUT2D eigenvalue weighted by molar-refractivity contribution is -0.00518. The molecule has 0 N–H and O–H groups in total. The molecule has 2 aromatic heterocycles. The minimum atomic E-state index is 0.373. The molecule has 4 nitrogen and oxygen atoms in total. The number of furan rings is 1. The van der Waals surface area contributed by atoms with Crippen molar-refractivity contribution in [2.24, 2.45) is 17.8 Å². The largest absolute Gasteiger partial charge is 0.455 e. The van der Waals surface area contributed by atoms with Gasteiger partial charge in [-0.1, -0.05) is 127 Å². The Morgan fingerprint density at radius 1 is 0.434 bits per heavy atom. The Bertz CT molecular complexity index is 2590. The van der Waals surface area contributed by atoms with Crippen LogP contribution >= 0.6 is 0 Å². The third-order valence-electron chi connectivity index (χ3n) is 12.5. The van der Waals surface area contributed by atoms with Crippen molar-refractivity contribution in [3.63, 3.8) is 0 Å². The van der Waals surface area contributed by atoms with Crippen LogP contribution in [0.1, 0.15) is 44.1 Å². The predicted octanol–water partition coefficient (Wildman–Crippen LogP) is 12.6. The van der Waals surface area contributed by atoms with Gasteiger partial charge in [0.05, 0.1) is 5.56 Å². The molecule has 0 spiro atoms. The standard InChI is InChI=1S/C49H39N3O/c1-3-9-34(10-4-1)35-15-17-38(18-16-35)47-50-46(37-11-5-2-6-12-37)51-48(52-47)43-27-39(26-42-41-13-7-8-14-44(41)53-45(42)43)36-19-21-40(22-20-36)49-28-31-23-32(29-49)25-33(24-31)30-49/h1-22,26-27,31-33H,23-25,28-30H2. The van der Waals surface area contributed by atoms with Gasteiger partial charge in [0.1, 0.15) is 11.2 Å². The quantitative estimate of drug-likeness (QED) is 0.175. The first kappa shape index (κ1) is 30.7. The average molecular weight is 686 g/mol. The van der Waals surface area contributed by atoms with Gasteiger partial charge in [-0.2, -0.15) is 0 Å². The van der Waals surface area contributed by atoms with E-state index in [-0.39, 0.29) is 0 Å². The van der Waals surface area contributed by atoms with E-state index < -0.39 is 0 Å². The summed E-state index contributed by atoms with van der Waals surface area (Å²) in [6, 6.07) is 51.5. The van der Waals surface area contributed by atoms with Crippen molar-refractivity contribution in [1.29, 1.82) is 0 Å². The van der Waals surface area contributed by atoms with Gasteiger partial charge in [-0.25, -0.2) is 15.0 Å². The number of aromatic nitrogens is 3. The monoisotopic (exact) mass is 685 g/mol. The van der Waals surface area contributed by atoms with E-state index in [1.165, 1.54) is 49.7 Å². The number of rotatable bonds is 6. The number of hydrogen-bond donors (Lipinski definition) is 0. The summed E-state index contributed by atoms with van der Waals surface area (Å²) in [5.74, 6) is 4.63. The first-order valence-corrected chi connectivity index (χ1v) is 19.2. The summed E-state index contributed by atoms with van der Waals surface area (Å²) < 4.78 is 6.64. The van der Waals surface area contributed by atoms with E-state index in [2.05, 4.69) is 109 Å². The zero-order valence-electron chi connectivity index (χ0n) is 29.6. The lowest BCUT2D eigenvalue weighted by Crippen LogP contribution is -2.48. The zero-order chi connectivity index (χ0) is 34.9. The summed E-state index contributed by atoms with van der Waals surface area (Å²) in [5, 5.41) is 2.15. The normalized spacial score (nSPS) is 21.8. The van der Waals surface area contributed by atoms with E-state index in [9.17, 15) is 0 Å². The van der Waals surface area contributed by atoms with Crippen molar-refractivity contribution in [2.75, 3.05) is 0 Å². The van der Waals surface area contributed by atoms with Gasteiger partial charge in [-0.15, -0.1) is 0 Å². The summed E-state index contributed by atoms with van der Waals surface area (Å²) in [4.78, 5) is 15.4. The molecule has 4 heteroatoms. The molecule has 2 heterocycles. The van der Waals surface area contributed by atoms with E-state index in [0.29, 0.717) is 22.9 Å². The number of fused-ring (bicyclic) bond motifs is 3. The molecule has 0 aliphatic heterocycles. The molecule has 0 saturated heterocycles. The first-order valence-electron chi connectivity index (χ1n) is 19.2. The highest BCUT2D eigenvalue weighted by atomic mass is 16.3. The smallest absolute Gasteiger partial charge is 0.167 e. The van der Waals surface area contributed by atoms with Crippen LogP contribution in [-0.2, 0) is 5.41 Å². The first-order chi connectivity index (χ1) is 26.1. The van der Waals surface area contributed by atoms with Crippen molar-refractivity contribution in [3.8, 4) is 56.4 Å². The Kier molecular flexibility index (Phi) is 7.01. The van der Waals surface area contributed by atoms with Gasteiger partial charge in [0.2, 0.25) is 0 Å². The third kappa shape index (κ3) is 5.31. The van der Waals surface area contributed by atoms with Crippen LogP contribution < -0.4 is 0 Å². The molecular weight excluding hydrogens is 647 g/mol. The lowest BCUT2D eigenvalue weighted by atomic mass is 9.48. The molecule has 0 unspecified atom stereocenters. The molecule has 0 atom stereocenters. The van der Waals surface area contributed by atoms with Crippen LogP contribution in [0.15, 0.2) is 150 Å². The molecule has 4 aliphatic carbocycles. The number of hydrogen-bond acceptors (Lipinski definition) is 4. The van der Waals surface area contributed by atoms with Gasteiger partial charge < -0.3 is 4.42 Å². The van der Waals surface area contributed by atoms with E-state index in [0.717, 1.165) is 67.5 Å². The number of benzene rings is 6. The summed E-state index contributed by atoms with van der Waals surface area (Å²) >= 11 is 0. The molecule has 0 radical (unpaired) electrons. The fourth-order valence-electron chi connectivity index (χ4n) is 10.4. The summed E-state index contributed by atoms with van der Waals surface area (Å²) in [6.07, 6.45) is 8.50. The van der Waals surface area contributed by atoms with Crippen LogP contribution in [0.4, 0.5) is 0 Å². The van der Waals surface area contributed by atoms with Gasteiger partial charge in [-0.3, -0.25) is 0 Å². The molecule has 0 amide bonds. The van der Waals surface area contributed by atoms with Crippen molar-refractivity contribution >= 4 is 21.9 Å². The molecule has 53 heavy (non-hydrogen) atoms. The Hall–Kier alpha value is -5.87. The van der Waals surface area contributed by atoms with E-state index in [4.69, 9.17) is 19.4 Å². The highest BCUT2D eigenvalue weighted by Crippen LogP contribution is 2.60. The maximum atomic E-state index is 6.64. The third-order valence-corrected chi connectivity index (χ3v) is 12.5. The Morgan fingerprint density at radius 2 is 0.925 bits per heavy atom. The van der Waals surface area contributed by atoms with E-state index >= 15 is 0 Å². The summed E-state index contributed by atoms with van der Waals surface area (Å²) in [5.41, 5.74) is 10.9. The fourth-order valence-corrected chi connectivity index (χ4v) is 10.4. The van der Waals surface area contributed by atoms with Crippen molar-refractivity contribution < 1.29 is 4.42 Å². The predicted molar refractivity (Wildman–Crippen MR) is 214 cm³/mol. The maximum absolute atomic E-state index is 6.64. The molecular formula is C49H39N3O. The van der Waals surface area contributed by atoms with Crippen LogP contribution in [0, 0.1) is 17.8 Å². The SMILES string of the molecule is c1ccc(-c2ccc(-c3nc(-c4ccccc4)nc(-c4cc(-c5ccc(C67CC8CC(CC(C8)C6)C7)cc5)cc5c4oc4ccccc45)n3)cc2)cc1. The topological polar surface area (TPSA) is 51.8 Å². The van der Waals surface area contributed by atoms with Gasteiger partial charge in [0, 0.05) is 21.9 Å². The van der Waals surface area contributed by atoms with Crippen LogP contribution in [-0.4, -0.2) is 15.0 Å². The molecule has 4 fully saturated rings. The minimum Gasteiger partial charge on any atom is -0.455 e. The average Bonchev–Trinajstić information content (AvgIpc) is 3.59. The van der Waals surface area contributed by atoms with Crippen molar-refractivity contribution in [2.45, 2.75) is 43.9 Å². The van der Waals surface area contributed by atoms with Gasteiger partial charge in [0.15, 0.2) is 17.5 Å². The second-order valence-electron chi connectivity index (χ2n) is 15.9. The van der Waals surface area contributed by atoms with Crippen molar-refractivity contribution in [3.05, 3.63) is 151 Å². The summed E-state index contributed by atoms with van der Waals surface area (Å²) in [7, 11) is 0. The minimum absolute atomic E-state index is 0.373. The van der Waals surface area contributed by atoms with Gasteiger partial charge in [0.25, 0.3) is 0 Å². The molecule has 256 valence electrons. The lowest BCUT2D eigenvalue weighted by Gasteiger charge is -2.57. The fraction of sp³-hybridized carbons (Fsp3) is 0.204. The van der Waals surface area contributed by atoms with Crippen LogP contribution in [0.25, 0.3) is 78.4 Å². The maximum Gasteiger partial charge on any atom is 0.167 e. The Morgan fingerprint density at radius 3 is 1.58 bits per heavy atom. The molecule has 6 aromatic carbocycles. The second kappa shape index (κ2) is 12.1. The Balaban J connectivity index is 1.06. The molecule has 8 aromatic rings.